The normalized spacial score (nSPS) is 24.2. The minimum Gasteiger partial charge on any atom is -0.513 e. The van der Waals surface area contributed by atoms with E-state index in [4.69, 9.17) is 9.84 Å². The Morgan fingerprint density at radius 2 is 1.92 bits per heavy atom. The maximum Gasteiger partial charge on any atom is 0.0906 e. The topological polar surface area (TPSA) is 29.5 Å². The summed E-state index contributed by atoms with van der Waals surface area (Å²) < 4.78 is 5.36. The fourth-order valence-electron chi connectivity index (χ4n) is 1.15. The molecular weight excluding hydrogens is 152 g/mol. The molecule has 1 atom stereocenters. The van der Waals surface area contributed by atoms with Crippen LogP contribution in [0.4, 0.5) is 0 Å². The van der Waals surface area contributed by atoms with Crippen LogP contribution in [0.2, 0.25) is 0 Å². The third-order valence-electron chi connectivity index (χ3n) is 1.98. The summed E-state index contributed by atoms with van der Waals surface area (Å²) in [6.07, 6.45) is 2.36. The molecule has 1 rings (SSSR count). The van der Waals surface area contributed by atoms with E-state index >= 15 is 0 Å². The summed E-state index contributed by atoms with van der Waals surface area (Å²) in [6.45, 7) is 8.47. The van der Waals surface area contributed by atoms with E-state index in [0.717, 1.165) is 25.0 Å². The van der Waals surface area contributed by atoms with Crippen LogP contribution in [0.15, 0.2) is 11.3 Å². The molecule has 0 aromatic rings. The Morgan fingerprint density at radius 1 is 1.33 bits per heavy atom. The first-order valence-corrected chi connectivity index (χ1v) is 4.69. The molecule has 1 saturated heterocycles. The van der Waals surface area contributed by atoms with Crippen molar-refractivity contribution >= 4 is 0 Å². The van der Waals surface area contributed by atoms with Gasteiger partial charge in [0.15, 0.2) is 0 Å². The van der Waals surface area contributed by atoms with Crippen molar-refractivity contribution in [3.05, 3.63) is 11.3 Å². The molecular formula is C10H20O2. The van der Waals surface area contributed by atoms with Crippen LogP contribution < -0.4 is 0 Å². The number of hydrogen-bond acceptors (Lipinski definition) is 2. The van der Waals surface area contributed by atoms with Gasteiger partial charge < -0.3 is 9.84 Å². The van der Waals surface area contributed by atoms with Crippen LogP contribution in [-0.4, -0.2) is 17.8 Å². The van der Waals surface area contributed by atoms with Crippen LogP contribution in [0.3, 0.4) is 0 Å². The summed E-state index contributed by atoms with van der Waals surface area (Å²) in [5.74, 6) is 0.409. The quantitative estimate of drug-likeness (QED) is 0.616. The van der Waals surface area contributed by atoms with Gasteiger partial charge in [-0.3, -0.25) is 0 Å². The monoisotopic (exact) mass is 172 g/mol. The lowest BCUT2D eigenvalue weighted by Crippen LogP contribution is -2.07. The highest BCUT2D eigenvalue weighted by molar-refractivity contribution is 5.09. The molecule has 12 heavy (non-hydrogen) atoms. The summed E-state index contributed by atoms with van der Waals surface area (Å²) in [5.41, 5.74) is 0.984. The molecule has 72 valence electrons. The third kappa shape index (κ3) is 3.26. The second kappa shape index (κ2) is 6.06. The van der Waals surface area contributed by atoms with Crippen LogP contribution >= 0.6 is 0 Å². The van der Waals surface area contributed by atoms with Gasteiger partial charge in [-0.05, 0) is 32.3 Å². The number of aliphatic hydroxyl groups is 1. The lowest BCUT2D eigenvalue weighted by atomic mass is 10.1. The predicted octanol–water partition coefficient (Wildman–Crippen LogP) is 3.04. The zero-order valence-electron chi connectivity index (χ0n) is 8.55. The van der Waals surface area contributed by atoms with Crippen molar-refractivity contribution in [1.82, 2.24) is 0 Å². The zero-order chi connectivity index (χ0) is 9.56. The van der Waals surface area contributed by atoms with E-state index in [0.29, 0.717) is 5.76 Å². The van der Waals surface area contributed by atoms with Gasteiger partial charge in [-0.25, -0.2) is 0 Å². The van der Waals surface area contributed by atoms with Gasteiger partial charge in [0.25, 0.3) is 0 Å². The lowest BCUT2D eigenvalue weighted by Gasteiger charge is -2.09. The number of rotatable bonds is 1. The Labute approximate surface area is 75.2 Å². The maximum atomic E-state index is 9.08. The smallest absolute Gasteiger partial charge is 0.0906 e. The van der Waals surface area contributed by atoms with E-state index in [1.807, 2.05) is 20.8 Å². The second-order valence-electron chi connectivity index (χ2n) is 2.77. The van der Waals surface area contributed by atoms with Crippen LogP contribution in [0.1, 0.15) is 40.5 Å². The first-order chi connectivity index (χ1) is 5.72. The van der Waals surface area contributed by atoms with Gasteiger partial charge in [0, 0.05) is 6.61 Å². The van der Waals surface area contributed by atoms with Crippen LogP contribution in [-0.2, 0) is 4.74 Å². The summed E-state index contributed by atoms with van der Waals surface area (Å²) in [4.78, 5) is 0. The van der Waals surface area contributed by atoms with Crippen LogP contribution in [0.25, 0.3) is 0 Å². The standard InChI is InChI=1S/C8H14O2.C2H6/c1-6(7(2)9)8-4-3-5-10-8;1-2/h8-9H,3-5H2,1-2H3;1-2H3/b7-6-;. The molecule has 0 aliphatic carbocycles. The summed E-state index contributed by atoms with van der Waals surface area (Å²) >= 11 is 0. The van der Waals surface area contributed by atoms with E-state index in [1.54, 1.807) is 6.92 Å². The van der Waals surface area contributed by atoms with Crippen LogP contribution in [0, 0.1) is 0 Å². The minimum atomic E-state index is 0.185. The first-order valence-electron chi connectivity index (χ1n) is 4.69. The van der Waals surface area contributed by atoms with Crippen molar-refractivity contribution in [3.63, 3.8) is 0 Å². The van der Waals surface area contributed by atoms with Gasteiger partial charge in [-0.2, -0.15) is 0 Å². The average Bonchev–Trinajstić information content (AvgIpc) is 2.58. The molecule has 0 aromatic heterocycles. The Kier molecular flexibility index (Phi) is 5.81. The molecule has 0 amide bonds. The highest BCUT2D eigenvalue weighted by atomic mass is 16.5. The Hall–Kier alpha value is -0.500. The molecule has 0 saturated carbocycles. The minimum absolute atomic E-state index is 0.185. The van der Waals surface area contributed by atoms with Crippen molar-refractivity contribution in [2.75, 3.05) is 6.61 Å². The van der Waals surface area contributed by atoms with Gasteiger partial charge in [-0.1, -0.05) is 13.8 Å². The molecule has 1 heterocycles. The van der Waals surface area contributed by atoms with Crippen LogP contribution in [0.5, 0.6) is 0 Å². The van der Waals surface area contributed by atoms with Crippen molar-refractivity contribution in [2.24, 2.45) is 0 Å². The third-order valence-corrected chi connectivity index (χ3v) is 1.98. The molecule has 2 nitrogen and oxygen atoms in total. The number of aliphatic hydroxyl groups excluding tert-OH is 1. The summed E-state index contributed by atoms with van der Waals surface area (Å²) in [6, 6.07) is 0. The molecule has 1 aliphatic rings. The average molecular weight is 172 g/mol. The van der Waals surface area contributed by atoms with E-state index in [1.165, 1.54) is 0 Å². The largest absolute Gasteiger partial charge is 0.513 e. The number of hydrogen-bond donors (Lipinski definition) is 1. The van der Waals surface area contributed by atoms with Crippen molar-refractivity contribution in [1.29, 1.82) is 0 Å². The maximum absolute atomic E-state index is 9.08. The van der Waals surface area contributed by atoms with E-state index in [2.05, 4.69) is 0 Å². The fraction of sp³-hybridized carbons (Fsp3) is 0.800. The van der Waals surface area contributed by atoms with E-state index in [9.17, 15) is 0 Å². The number of ether oxygens (including phenoxy) is 1. The molecule has 1 unspecified atom stereocenters. The molecule has 0 radical (unpaired) electrons. The molecule has 1 N–H and O–H groups in total. The zero-order valence-corrected chi connectivity index (χ0v) is 8.55. The van der Waals surface area contributed by atoms with Crippen molar-refractivity contribution in [2.45, 2.75) is 46.6 Å². The summed E-state index contributed by atoms with van der Waals surface area (Å²) in [5, 5.41) is 9.08. The molecule has 1 aliphatic heterocycles. The molecule has 0 aromatic carbocycles. The lowest BCUT2D eigenvalue weighted by molar-refractivity contribution is 0.133. The molecule has 1 fully saturated rings. The number of allylic oxidation sites excluding steroid dienone is 1. The van der Waals surface area contributed by atoms with Gasteiger partial charge in [0.1, 0.15) is 0 Å². The summed E-state index contributed by atoms with van der Waals surface area (Å²) in [7, 11) is 0. The van der Waals surface area contributed by atoms with E-state index < -0.39 is 0 Å². The molecule has 0 bridgehead atoms. The highest BCUT2D eigenvalue weighted by Gasteiger charge is 2.18. The Bertz CT molecular complexity index is 140. The first kappa shape index (κ1) is 11.5. The van der Waals surface area contributed by atoms with E-state index in [-0.39, 0.29) is 6.10 Å². The van der Waals surface area contributed by atoms with Gasteiger partial charge in [0.05, 0.1) is 11.9 Å². The van der Waals surface area contributed by atoms with Crippen molar-refractivity contribution in [3.8, 4) is 0 Å². The van der Waals surface area contributed by atoms with Gasteiger partial charge >= 0.3 is 0 Å². The second-order valence-corrected chi connectivity index (χ2v) is 2.77. The fourth-order valence-corrected chi connectivity index (χ4v) is 1.15. The molecule has 0 spiro atoms. The Morgan fingerprint density at radius 3 is 2.25 bits per heavy atom. The Balaban J connectivity index is 0.000000561. The SMILES string of the molecule is C/C(O)=C(\C)C1CCCO1.CC. The highest BCUT2D eigenvalue weighted by Crippen LogP contribution is 2.20. The predicted molar refractivity (Wildman–Crippen MR) is 51.3 cm³/mol. The van der Waals surface area contributed by atoms with Crippen molar-refractivity contribution < 1.29 is 9.84 Å². The molecule has 2 heteroatoms. The van der Waals surface area contributed by atoms with Gasteiger partial charge in [0.2, 0.25) is 0 Å². The van der Waals surface area contributed by atoms with Gasteiger partial charge in [-0.15, -0.1) is 0 Å².